The zero-order valence-corrected chi connectivity index (χ0v) is 12.8. The second-order valence-corrected chi connectivity index (χ2v) is 5.59. The molecule has 1 atom stereocenters. The Bertz CT molecular complexity index is 719. The number of halogens is 3. The number of hydrogen-bond donors (Lipinski definition) is 1. The summed E-state index contributed by atoms with van der Waals surface area (Å²) in [6, 6.07) is 7.09. The molecule has 0 radical (unpaired) electrons. The average Bonchev–Trinajstić information content (AvgIpc) is 2.96. The number of carbonyl (C=O) groups excluding carboxylic acids is 1. The summed E-state index contributed by atoms with van der Waals surface area (Å²) in [5, 5.41) is 6.93. The summed E-state index contributed by atoms with van der Waals surface area (Å²) in [5.74, 6) is -0.355. The van der Waals surface area contributed by atoms with E-state index >= 15 is 0 Å². The van der Waals surface area contributed by atoms with Gasteiger partial charge in [0, 0.05) is 18.8 Å². The Hall–Kier alpha value is -2.51. The van der Waals surface area contributed by atoms with E-state index in [9.17, 15) is 18.0 Å². The van der Waals surface area contributed by atoms with Crippen LogP contribution >= 0.6 is 0 Å². The van der Waals surface area contributed by atoms with Gasteiger partial charge in [0.15, 0.2) is 0 Å². The van der Waals surface area contributed by atoms with Crippen LogP contribution in [0.25, 0.3) is 0 Å². The number of nitrogens with zero attached hydrogens (tertiary/aromatic N) is 3. The van der Waals surface area contributed by atoms with Crippen LogP contribution in [0.3, 0.4) is 0 Å². The molecular weight excluding hydrogens is 321 g/mol. The first-order valence-corrected chi connectivity index (χ1v) is 7.68. The van der Waals surface area contributed by atoms with Gasteiger partial charge in [-0.2, -0.15) is 5.10 Å². The number of amides is 1. The third-order valence-corrected chi connectivity index (χ3v) is 3.87. The fourth-order valence-electron chi connectivity index (χ4n) is 2.78. The summed E-state index contributed by atoms with van der Waals surface area (Å²) in [7, 11) is 0. The minimum Gasteiger partial charge on any atom is -0.357 e. The maximum Gasteiger partial charge on any atom is 0.257 e. The summed E-state index contributed by atoms with van der Waals surface area (Å²) in [6.45, 7) is -0.0561. The summed E-state index contributed by atoms with van der Waals surface area (Å²) < 4.78 is 39.7. The molecular formula is C16H17F3N4O. The molecule has 2 aromatic rings. The molecule has 1 aromatic carbocycles. The van der Waals surface area contributed by atoms with Gasteiger partial charge in [-0.1, -0.05) is 12.1 Å². The van der Waals surface area contributed by atoms with Crippen molar-refractivity contribution >= 4 is 17.4 Å². The third kappa shape index (κ3) is 3.52. The highest BCUT2D eigenvalue weighted by Gasteiger charge is 2.31. The van der Waals surface area contributed by atoms with Gasteiger partial charge >= 0.3 is 0 Å². The third-order valence-electron chi connectivity index (χ3n) is 3.87. The lowest BCUT2D eigenvalue weighted by Crippen LogP contribution is -2.48. The fraction of sp³-hybridized carbons (Fsp3) is 0.375. The van der Waals surface area contributed by atoms with Crippen LogP contribution in [-0.2, 0) is 11.3 Å². The Labute approximate surface area is 137 Å². The van der Waals surface area contributed by atoms with Crippen LogP contribution in [0, 0.1) is 5.82 Å². The first kappa shape index (κ1) is 16.4. The maximum atomic E-state index is 13.9. The first-order valence-electron chi connectivity index (χ1n) is 7.68. The smallest absolute Gasteiger partial charge is 0.257 e. The Morgan fingerprint density at radius 3 is 2.83 bits per heavy atom. The van der Waals surface area contributed by atoms with Gasteiger partial charge in [-0.25, -0.2) is 13.2 Å². The van der Waals surface area contributed by atoms with E-state index in [0.29, 0.717) is 25.2 Å². The number of anilines is 2. The van der Waals surface area contributed by atoms with Crippen molar-refractivity contribution < 1.29 is 18.0 Å². The highest BCUT2D eigenvalue weighted by Crippen LogP contribution is 2.25. The number of carbonyl (C=O) groups is 1. The van der Waals surface area contributed by atoms with E-state index in [1.54, 1.807) is 18.2 Å². The number of para-hydroxylation sites is 1. The van der Waals surface area contributed by atoms with Crippen molar-refractivity contribution in [2.45, 2.75) is 31.9 Å². The summed E-state index contributed by atoms with van der Waals surface area (Å²) in [4.78, 5) is 14.0. The van der Waals surface area contributed by atoms with Gasteiger partial charge in [0.25, 0.3) is 6.43 Å². The van der Waals surface area contributed by atoms with E-state index in [2.05, 4.69) is 10.4 Å². The number of aromatic nitrogens is 2. The highest BCUT2D eigenvalue weighted by atomic mass is 19.3. The van der Waals surface area contributed by atoms with Crippen LogP contribution in [0.5, 0.6) is 0 Å². The van der Waals surface area contributed by atoms with Crippen molar-refractivity contribution in [3.63, 3.8) is 0 Å². The average molecular weight is 338 g/mol. The van der Waals surface area contributed by atoms with Gasteiger partial charge < -0.3 is 10.2 Å². The number of nitrogens with one attached hydrogen (secondary N) is 1. The first-order chi connectivity index (χ1) is 11.5. The molecule has 3 rings (SSSR count). The van der Waals surface area contributed by atoms with Crippen LogP contribution in [-0.4, -0.2) is 34.7 Å². The Morgan fingerprint density at radius 1 is 1.29 bits per heavy atom. The number of hydrogen-bond acceptors (Lipinski definition) is 3. The summed E-state index contributed by atoms with van der Waals surface area (Å²) >= 11 is 0. The summed E-state index contributed by atoms with van der Waals surface area (Å²) in [5.41, 5.74) is 0.247. The summed E-state index contributed by atoms with van der Waals surface area (Å²) in [6.07, 6.45) is 0.211. The molecule has 0 unspecified atom stereocenters. The molecule has 1 saturated heterocycles. The van der Waals surface area contributed by atoms with Crippen molar-refractivity contribution in [2.24, 2.45) is 0 Å². The molecule has 1 amide bonds. The fourth-order valence-corrected chi connectivity index (χ4v) is 2.78. The maximum absolute atomic E-state index is 13.9. The molecule has 1 aliphatic rings. The van der Waals surface area contributed by atoms with Gasteiger partial charge in [-0.15, -0.1) is 0 Å². The van der Waals surface area contributed by atoms with E-state index in [0.717, 1.165) is 4.68 Å². The molecule has 0 aliphatic carbocycles. The van der Waals surface area contributed by atoms with Gasteiger partial charge in [0.1, 0.15) is 24.2 Å². The predicted molar refractivity (Wildman–Crippen MR) is 83.6 cm³/mol. The van der Waals surface area contributed by atoms with Gasteiger partial charge in [0.2, 0.25) is 5.91 Å². The van der Waals surface area contributed by atoms with Crippen molar-refractivity contribution in [1.29, 1.82) is 0 Å². The zero-order valence-electron chi connectivity index (χ0n) is 12.8. The monoisotopic (exact) mass is 338 g/mol. The van der Waals surface area contributed by atoms with Gasteiger partial charge in [-0.3, -0.25) is 9.48 Å². The molecule has 0 bridgehead atoms. The Balaban J connectivity index is 1.71. The SMILES string of the molecule is O=C1[C@@H](Nc2ccn(CC(F)F)n2)CCCN1c1ccccc1F. The standard InChI is InChI=1S/C16H17F3N4O/c17-11-4-1-2-6-13(11)23-8-3-5-12(16(23)24)20-15-7-9-22(21-15)10-14(18)19/h1-2,4,6-7,9,12,14H,3,5,8,10H2,(H,20,21)/t12-/m0/s1. The van der Waals surface area contributed by atoms with E-state index < -0.39 is 24.8 Å². The lowest BCUT2D eigenvalue weighted by molar-refractivity contribution is -0.120. The number of rotatable bonds is 5. The molecule has 2 heterocycles. The van der Waals surface area contributed by atoms with Gasteiger partial charge in [-0.05, 0) is 25.0 Å². The zero-order chi connectivity index (χ0) is 17.1. The Morgan fingerprint density at radius 2 is 2.08 bits per heavy atom. The van der Waals surface area contributed by atoms with E-state index in [-0.39, 0.29) is 11.6 Å². The van der Waals surface area contributed by atoms with E-state index in [1.807, 2.05) is 0 Å². The van der Waals surface area contributed by atoms with E-state index in [1.165, 1.54) is 23.2 Å². The van der Waals surface area contributed by atoms with Crippen LogP contribution in [0.15, 0.2) is 36.5 Å². The number of piperidine rings is 1. The van der Waals surface area contributed by atoms with Crippen LogP contribution in [0.4, 0.5) is 24.7 Å². The normalized spacial score (nSPS) is 18.2. The Kier molecular flexibility index (Phi) is 4.73. The molecule has 128 valence electrons. The van der Waals surface area contributed by atoms with Crippen LogP contribution < -0.4 is 10.2 Å². The minimum atomic E-state index is -2.49. The molecule has 8 heteroatoms. The molecule has 1 aliphatic heterocycles. The molecule has 0 spiro atoms. The topological polar surface area (TPSA) is 50.2 Å². The predicted octanol–water partition coefficient (Wildman–Crippen LogP) is 2.89. The van der Waals surface area contributed by atoms with Crippen LogP contribution in [0.1, 0.15) is 12.8 Å². The second kappa shape index (κ2) is 6.94. The number of alkyl halides is 2. The van der Waals surface area contributed by atoms with Crippen molar-refractivity contribution in [3.05, 3.63) is 42.3 Å². The second-order valence-electron chi connectivity index (χ2n) is 5.59. The molecule has 5 nitrogen and oxygen atoms in total. The molecule has 1 aromatic heterocycles. The van der Waals surface area contributed by atoms with E-state index in [4.69, 9.17) is 0 Å². The molecule has 1 N–H and O–H groups in total. The molecule has 0 saturated carbocycles. The largest absolute Gasteiger partial charge is 0.357 e. The quantitative estimate of drug-likeness (QED) is 0.912. The van der Waals surface area contributed by atoms with Gasteiger partial charge in [0.05, 0.1) is 5.69 Å². The molecule has 1 fully saturated rings. The van der Waals surface area contributed by atoms with Crippen molar-refractivity contribution in [2.75, 3.05) is 16.8 Å². The lowest BCUT2D eigenvalue weighted by Gasteiger charge is -2.32. The van der Waals surface area contributed by atoms with Crippen molar-refractivity contribution in [1.82, 2.24) is 9.78 Å². The van der Waals surface area contributed by atoms with Crippen LogP contribution in [0.2, 0.25) is 0 Å². The minimum absolute atomic E-state index is 0.247. The molecule has 24 heavy (non-hydrogen) atoms. The van der Waals surface area contributed by atoms with Crippen molar-refractivity contribution in [3.8, 4) is 0 Å². The highest BCUT2D eigenvalue weighted by molar-refractivity contribution is 5.99. The lowest BCUT2D eigenvalue weighted by atomic mass is 10.0. The number of benzene rings is 1.